The third-order valence-corrected chi connectivity index (χ3v) is 2.52. The van der Waals surface area contributed by atoms with Crippen molar-refractivity contribution >= 4 is 12.2 Å². The molecular formula is C12H12N4O3. The van der Waals surface area contributed by atoms with Crippen LogP contribution in [0.2, 0.25) is 0 Å². The fourth-order valence-electron chi connectivity index (χ4n) is 1.53. The Morgan fingerprint density at radius 1 is 1.53 bits per heavy atom. The molecular weight excluding hydrogens is 248 g/mol. The molecule has 7 heteroatoms. The third kappa shape index (κ3) is 2.82. The zero-order valence-corrected chi connectivity index (χ0v) is 10.2. The van der Waals surface area contributed by atoms with Gasteiger partial charge in [-0.15, -0.1) is 0 Å². The van der Waals surface area contributed by atoms with E-state index in [0.717, 1.165) is 0 Å². The second-order valence-corrected chi connectivity index (χ2v) is 3.75. The molecule has 1 N–H and O–H groups in total. The molecule has 0 aliphatic carbocycles. The molecule has 0 saturated heterocycles. The Kier molecular flexibility index (Phi) is 3.97. The number of hydrogen-bond donors (Lipinski definition) is 1. The van der Waals surface area contributed by atoms with E-state index in [2.05, 4.69) is 20.4 Å². The quantitative estimate of drug-likeness (QED) is 0.610. The van der Waals surface area contributed by atoms with Crippen LogP contribution in [0.4, 0.5) is 0 Å². The smallest absolute Gasteiger partial charge is 0.296 e. The molecule has 2 aromatic heterocycles. The lowest BCUT2D eigenvalue weighted by Gasteiger charge is -2.08. The lowest BCUT2D eigenvalue weighted by Crippen LogP contribution is -2.35. The van der Waals surface area contributed by atoms with Gasteiger partial charge in [-0.2, -0.15) is 4.98 Å². The molecule has 0 fully saturated rings. The van der Waals surface area contributed by atoms with Crippen LogP contribution >= 0.6 is 0 Å². The van der Waals surface area contributed by atoms with Gasteiger partial charge in [0, 0.05) is 6.20 Å². The summed E-state index contributed by atoms with van der Waals surface area (Å²) in [6.45, 7) is 1.77. The Morgan fingerprint density at radius 3 is 3.00 bits per heavy atom. The molecule has 0 radical (unpaired) electrons. The first-order valence-electron chi connectivity index (χ1n) is 5.75. The molecule has 19 heavy (non-hydrogen) atoms. The van der Waals surface area contributed by atoms with Gasteiger partial charge in [0.15, 0.2) is 0 Å². The van der Waals surface area contributed by atoms with Crippen LogP contribution in [0.25, 0.3) is 11.5 Å². The lowest BCUT2D eigenvalue weighted by molar-refractivity contribution is -0.110. The highest BCUT2D eigenvalue weighted by atomic mass is 16.5. The van der Waals surface area contributed by atoms with Crippen LogP contribution in [0.3, 0.4) is 0 Å². The molecule has 2 aromatic rings. The second kappa shape index (κ2) is 5.85. The van der Waals surface area contributed by atoms with Crippen molar-refractivity contribution in [2.45, 2.75) is 19.4 Å². The molecule has 1 atom stereocenters. The molecule has 1 amide bonds. The molecule has 0 bridgehead atoms. The Bertz CT molecular complexity index is 567. The number of carbonyl (C=O) groups excluding carboxylic acids is 2. The van der Waals surface area contributed by atoms with Gasteiger partial charge >= 0.3 is 0 Å². The summed E-state index contributed by atoms with van der Waals surface area (Å²) >= 11 is 0. The van der Waals surface area contributed by atoms with Gasteiger partial charge in [0.1, 0.15) is 5.69 Å². The first-order chi connectivity index (χ1) is 9.26. The summed E-state index contributed by atoms with van der Waals surface area (Å²) in [5.74, 6) is -0.309. The largest absolute Gasteiger partial charge is 0.348 e. The molecule has 2 rings (SSSR count). The van der Waals surface area contributed by atoms with Crippen molar-refractivity contribution in [2.24, 2.45) is 0 Å². The number of nitrogens with one attached hydrogen (secondary N) is 1. The van der Waals surface area contributed by atoms with Gasteiger partial charge in [-0.1, -0.05) is 18.1 Å². The molecule has 7 nitrogen and oxygen atoms in total. The van der Waals surface area contributed by atoms with E-state index in [9.17, 15) is 9.59 Å². The van der Waals surface area contributed by atoms with E-state index in [1.807, 2.05) is 0 Å². The topological polar surface area (TPSA) is 98.0 Å². The fourth-order valence-corrected chi connectivity index (χ4v) is 1.53. The number of hydrogen-bond acceptors (Lipinski definition) is 6. The van der Waals surface area contributed by atoms with Crippen LogP contribution in [-0.4, -0.2) is 33.4 Å². The van der Waals surface area contributed by atoms with Gasteiger partial charge in [0.2, 0.25) is 18.0 Å². The molecule has 0 saturated carbocycles. The Labute approximate surface area is 109 Å². The summed E-state index contributed by atoms with van der Waals surface area (Å²) in [5.41, 5.74) is 0.515. The summed E-state index contributed by atoms with van der Waals surface area (Å²) in [6.07, 6.45) is 2.51. The maximum absolute atomic E-state index is 12.0. The van der Waals surface area contributed by atoms with Gasteiger partial charge in [-0.3, -0.25) is 14.6 Å². The van der Waals surface area contributed by atoms with Crippen molar-refractivity contribution in [1.29, 1.82) is 0 Å². The molecule has 98 valence electrons. The zero-order valence-electron chi connectivity index (χ0n) is 10.2. The van der Waals surface area contributed by atoms with Gasteiger partial charge in [0.05, 0.1) is 6.04 Å². The Morgan fingerprint density at radius 2 is 2.37 bits per heavy atom. The SMILES string of the molecule is CCC(NC=O)C(=O)c1nc(-c2ccccn2)no1. The van der Waals surface area contributed by atoms with E-state index < -0.39 is 11.8 Å². The second-order valence-electron chi connectivity index (χ2n) is 3.75. The third-order valence-electron chi connectivity index (χ3n) is 2.52. The maximum Gasteiger partial charge on any atom is 0.296 e. The van der Waals surface area contributed by atoms with E-state index in [4.69, 9.17) is 4.52 Å². The van der Waals surface area contributed by atoms with E-state index in [1.165, 1.54) is 0 Å². The predicted molar refractivity (Wildman–Crippen MR) is 65.1 cm³/mol. The van der Waals surface area contributed by atoms with E-state index in [1.54, 1.807) is 31.3 Å². The number of aromatic nitrogens is 3. The zero-order chi connectivity index (χ0) is 13.7. The number of pyridine rings is 1. The van der Waals surface area contributed by atoms with Gasteiger partial charge in [0.25, 0.3) is 5.89 Å². The Balaban J connectivity index is 2.21. The van der Waals surface area contributed by atoms with E-state index in [-0.39, 0.29) is 11.7 Å². The number of nitrogens with zero attached hydrogens (tertiary/aromatic N) is 3. The fraction of sp³-hybridized carbons (Fsp3) is 0.250. The summed E-state index contributed by atoms with van der Waals surface area (Å²) in [7, 11) is 0. The number of Topliss-reactive ketones (excluding diaryl/α,β-unsaturated/α-hetero) is 1. The summed E-state index contributed by atoms with van der Waals surface area (Å²) in [6, 6.07) is 4.59. The number of ketones is 1. The minimum absolute atomic E-state index is 0.137. The summed E-state index contributed by atoms with van der Waals surface area (Å²) in [4.78, 5) is 30.4. The average Bonchev–Trinajstić information content (AvgIpc) is 2.95. The molecule has 0 aliphatic rings. The average molecular weight is 260 g/mol. The predicted octanol–water partition coefficient (Wildman–Crippen LogP) is 0.839. The normalized spacial score (nSPS) is 11.8. The number of carbonyl (C=O) groups is 2. The lowest BCUT2D eigenvalue weighted by atomic mass is 10.1. The number of amides is 1. The van der Waals surface area contributed by atoms with Crippen molar-refractivity contribution in [1.82, 2.24) is 20.4 Å². The maximum atomic E-state index is 12.0. The van der Waals surface area contributed by atoms with E-state index >= 15 is 0 Å². The van der Waals surface area contributed by atoms with Crippen molar-refractivity contribution in [3.05, 3.63) is 30.3 Å². The molecule has 1 unspecified atom stereocenters. The van der Waals surface area contributed by atoms with Crippen molar-refractivity contribution in [3.63, 3.8) is 0 Å². The molecule has 0 spiro atoms. The molecule has 0 aliphatic heterocycles. The first kappa shape index (κ1) is 12.9. The first-order valence-corrected chi connectivity index (χ1v) is 5.75. The van der Waals surface area contributed by atoms with Gasteiger partial charge in [-0.05, 0) is 18.6 Å². The highest BCUT2D eigenvalue weighted by Gasteiger charge is 2.24. The van der Waals surface area contributed by atoms with Crippen LogP contribution in [0, 0.1) is 0 Å². The van der Waals surface area contributed by atoms with Crippen LogP contribution in [-0.2, 0) is 4.79 Å². The minimum Gasteiger partial charge on any atom is -0.348 e. The van der Waals surface area contributed by atoms with Crippen molar-refractivity contribution in [2.75, 3.05) is 0 Å². The summed E-state index contributed by atoms with van der Waals surface area (Å²) in [5, 5.41) is 6.10. The monoisotopic (exact) mass is 260 g/mol. The van der Waals surface area contributed by atoms with Crippen molar-refractivity contribution in [3.8, 4) is 11.5 Å². The van der Waals surface area contributed by atoms with Gasteiger partial charge < -0.3 is 9.84 Å². The molecule has 0 aromatic carbocycles. The van der Waals surface area contributed by atoms with Crippen LogP contribution < -0.4 is 5.32 Å². The van der Waals surface area contributed by atoms with Crippen LogP contribution in [0.15, 0.2) is 28.9 Å². The standard InChI is InChI=1S/C12H12N4O3/c1-2-8(14-7-17)10(18)12-15-11(16-19-12)9-5-3-4-6-13-9/h3-8H,2H2,1H3,(H,14,17). The van der Waals surface area contributed by atoms with E-state index in [0.29, 0.717) is 18.5 Å². The highest BCUT2D eigenvalue weighted by Crippen LogP contribution is 2.13. The highest BCUT2D eigenvalue weighted by molar-refractivity contribution is 5.97. The number of rotatable bonds is 6. The molecule has 2 heterocycles. The minimum atomic E-state index is -0.658. The van der Waals surface area contributed by atoms with Crippen LogP contribution in [0.5, 0.6) is 0 Å². The van der Waals surface area contributed by atoms with Crippen molar-refractivity contribution < 1.29 is 14.1 Å². The van der Waals surface area contributed by atoms with Gasteiger partial charge in [-0.25, -0.2) is 0 Å². The Hall–Kier alpha value is -2.57. The van der Waals surface area contributed by atoms with Crippen LogP contribution in [0.1, 0.15) is 24.0 Å². The summed E-state index contributed by atoms with van der Waals surface area (Å²) < 4.78 is 4.90.